The molecule has 1 fully saturated rings. The van der Waals surface area contributed by atoms with Gasteiger partial charge < -0.3 is 25.7 Å². The maximum Gasteiger partial charge on any atom is 0.317 e. The van der Waals surface area contributed by atoms with Crippen molar-refractivity contribution >= 4 is 45.7 Å². The molecule has 1 rings (SSSR count). The van der Waals surface area contributed by atoms with E-state index in [0.717, 1.165) is 0 Å². The Labute approximate surface area is 174 Å². The minimum Gasteiger partial charge on any atom is -0.480 e. The number of carbonyl (C=O) groups excluding carboxylic acids is 1. The van der Waals surface area contributed by atoms with Gasteiger partial charge in [-0.05, 0) is 19.3 Å². The summed E-state index contributed by atoms with van der Waals surface area (Å²) in [5.41, 5.74) is 0. The number of carboxylic acids is 4. The Balaban J connectivity index is 3.21. The third-order valence-corrected chi connectivity index (χ3v) is 5.07. The second kappa shape index (κ2) is 11.7. The molecule has 0 aromatic heterocycles. The number of halogens is 1. The molecule has 1 aliphatic carbocycles. The van der Waals surface area contributed by atoms with E-state index in [0.29, 0.717) is 6.42 Å². The summed E-state index contributed by atoms with van der Waals surface area (Å²) in [4.78, 5) is 59.0. The average molecular weight is 482 g/mol. The summed E-state index contributed by atoms with van der Waals surface area (Å²) in [6.07, 6.45) is 0.817. The SMILES string of the molecule is O=C(O)CN(CC(=O)O)C1CCC(NC(=O)CBr)CC1N(CC(=O)O)CC(=O)O. The van der Waals surface area contributed by atoms with Gasteiger partial charge in [-0.3, -0.25) is 33.8 Å². The molecule has 0 radical (unpaired) electrons. The van der Waals surface area contributed by atoms with Crippen molar-refractivity contribution in [2.24, 2.45) is 0 Å². The molecule has 5 N–H and O–H groups in total. The van der Waals surface area contributed by atoms with Gasteiger partial charge in [0.05, 0.1) is 31.5 Å². The normalized spacial score (nSPS) is 21.7. The Morgan fingerprint density at radius 2 is 1.17 bits per heavy atom. The summed E-state index contributed by atoms with van der Waals surface area (Å²) >= 11 is 3.02. The lowest BCUT2D eigenvalue weighted by atomic mass is 9.84. The number of amides is 1. The molecule has 13 heteroatoms. The van der Waals surface area contributed by atoms with Crippen LogP contribution in [0.5, 0.6) is 0 Å². The van der Waals surface area contributed by atoms with Crippen molar-refractivity contribution in [2.75, 3.05) is 31.5 Å². The maximum atomic E-state index is 11.7. The molecule has 1 aliphatic rings. The van der Waals surface area contributed by atoms with Crippen molar-refractivity contribution < 1.29 is 44.4 Å². The molecule has 164 valence electrons. The van der Waals surface area contributed by atoms with Crippen LogP contribution < -0.4 is 5.32 Å². The highest BCUT2D eigenvalue weighted by molar-refractivity contribution is 9.09. The molecule has 0 aliphatic heterocycles. The van der Waals surface area contributed by atoms with E-state index in [2.05, 4.69) is 21.2 Å². The summed E-state index contributed by atoms with van der Waals surface area (Å²) in [5.74, 6) is -5.38. The van der Waals surface area contributed by atoms with Crippen LogP contribution in [-0.2, 0) is 24.0 Å². The van der Waals surface area contributed by atoms with E-state index in [9.17, 15) is 34.2 Å². The smallest absolute Gasteiger partial charge is 0.317 e. The standard InChI is InChI=1S/C16H24BrN3O9/c17-4-12(21)18-9-1-2-10(19(5-13(22)23)6-14(24)25)11(3-9)20(7-15(26)27)8-16(28)29/h9-11H,1-8H2,(H,18,21)(H,22,23)(H,24,25)(H,26,27)(H,28,29). The number of hydrogen-bond acceptors (Lipinski definition) is 7. The summed E-state index contributed by atoms with van der Waals surface area (Å²) < 4.78 is 0. The molecule has 3 atom stereocenters. The van der Waals surface area contributed by atoms with Crippen molar-refractivity contribution in [3.8, 4) is 0 Å². The summed E-state index contributed by atoms with van der Waals surface area (Å²) in [5, 5.41) is 39.4. The van der Waals surface area contributed by atoms with Crippen LogP contribution in [0.4, 0.5) is 0 Å². The highest BCUT2D eigenvalue weighted by Crippen LogP contribution is 2.28. The monoisotopic (exact) mass is 481 g/mol. The zero-order chi connectivity index (χ0) is 22.1. The Hall–Kier alpha value is -2.25. The quantitative estimate of drug-likeness (QED) is 0.209. The molecular weight excluding hydrogens is 458 g/mol. The molecule has 0 saturated heterocycles. The van der Waals surface area contributed by atoms with E-state index in [1.165, 1.54) is 9.80 Å². The molecule has 0 aromatic rings. The lowest BCUT2D eigenvalue weighted by Crippen LogP contribution is -2.60. The van der Waals surface area contributed by atoms with Gasteiger partial charge in [0, 0.05) is 18.1 Å². The first-order valence-electron chi connectivity index (χ1n) is 8.74. The number of hydrogen-bond donors (Lipinski definition) is 5. The Morgan fingerprint density at radius 1 is 0.759 bits per heavy atom. The van der Waals surface area contributed by atoms with Crippen molar-refractivity contribution in [3.05, 3.63) is 0 Å². The summed E-state index contributed by atoms with van der Waals surface area (Å²) in [6.45, 7) is -2.44. The highest BCUT2D eigenvalue weighted by Gasteiger charge is 2.40. The fraction of sp³-hybridized carbons (Fsp3) is 0.688. The molecule has 12 nitrogen and oxygen atoms in total. The molecule has 29 heavy (non-hydrogen) atoms. The maximum absolute atomic E-state index is 11.7. The molecule has 0 heterocycles. The van der Waals surface area contributed by atoms with Crippen LogP contribution in [0.15, 0.2) is 0 Å². The molecule has 1 amide bonds. The third kappa shape index (κ3) is 8.75. The topological polar surface area (TPSA) is 185 Å². The minimum absolute atomic E-state index is 0.0513. The number of nitrogens with zero attached hydrogens (tertiary/aromatic N) is 2. The van der Waals surface area contributed by atoms with Gasteiger partial charge in [-0.25, -0.2) is 0 Å². The van der Waals surface area contributed by atoms with Gasteiger partial charge in [0.1, 0.15) is 0 Å². The first-order chi connectivity index (χ1) is 13.5. The van der Waals surface area contributed by atoms with Crippen molar-refractivity contribution in [1.29, 1.82) is 0 Å². The van der Waals surface area contributed by atoms with Gasteiger partial charge in [-0.1, -0.05) is 15.9 Å². The van der Waals surface area contributed by atoms with E-state index in [1.54, 1.807) is 0 Å². The van der Waals surface area contributed by atoms with Gasteiger partial charge in [-0.2, -0.15) is 0 Å². The molecule has 0 spiro atoms. The van der Waals surface area contributed by atoms with Gasteiger partial charge in [0.25, 0.3) is 0 Å². The summed E-state index contributed by atoms with van der Waals surface area (Å²) in [7, 11) is 0. The number of rotatable bonds is 12. The predicted molar refractivity (Wildman–Crippen MR) is 101 cm³/mol. The average Bonchev–Trinajstić information content (AvgIpc) is 2.58. The molecule has 0 bridgehead atoms. The zero-order valence-electron chi connectivity index (χ0n) is 15.5. The number of aliphatic carboxylic acids is 4. The van der Waals surface area contributed by atoms with Crippen LogP contribution in [0.1, 0.15) is 19.3 Å². The first-order valence-corrected chi connectivity index (χ1v) is 9.86. The Morgan fingerprint density at radius 3 is 1.55 bits per heavy atom. The molecule has 0 aromatic carbocycles. The number of carboxylic acid groups (broad SMARTS) is 4. The second-order valence-corrected chi connectivity index (χ2v) is 7.29. The lowest BCUT2D eigenvalue weighted by Gasteiger charge is -2.45. The number of alkyl halides is 1. The van der Waals surface area contributed by atoms with Gasteiger partial charge in [0.2, 0.25) is 5.91 Å². The van der Waals surface area contributed by atoms with Crippen LogP contribution in [0, 0.1) is 0 Å². The van der Waals surface area contributed by atoms with Crippen molar-refractivity contribution in [3.63, 3.8) is 0 Å². The first kappa shape index (κ1) is 24.8. The van der Waals surface area contributed by atoms with Crippen molar-refractivity contribution in [2.45, 2.75) is 37.4 Å². The summed E-state index contributed by atoms with van der Waals surface area (Å²) in [6, 6.07) is -1.88. The van der Waals surface area contributed by atoms with Gasteiger partial charge in [-0.15, -0.1) is 0 Å². The molecular formula is C16H24BrN3O9. The largest absolute Gasteiger partial charge is 0.480 e. The van der Waals surface area contributed by atoms with Crippen LogP contribution in [0.3, 0.4) is 0 Å². The molecule has 3 unspecified atom stereocenters. The lowest BCUT2D eigenvalue weighted by molar-refractivity contribution is -0.149. The third-order valence-electron chi connectivity index (χ3n) is 4.56. The van der Waals surface area contributed by atoms with Crippen LogP contribution >= 0.6 is 15.9 Å². The van der Waals surface area contributed by atoms with E-state index in [-0.39, 0.29) is 30.1 Å². The van der Waals surface area contributed by atoms with E-state index in [1.807, 2.05) is 0 Å². The zero-order valence-corrected chi connectivity index (χ0v) is 17.1. The Kier molecular flexibility index (Phi) is 9.98. The van der Waals surface area contributed by atoms with E-state index >= 15 is 0 Å². The van der Waals surface area contributed by atoms with E-state index < -0.39 is 62.1 Å². The highest BCUT2D eigenvalue weighted by atomic mass is 79.9. The van der Waals surface area contributed by atoms with Crippen LogP contribution in [0.25, 0.3) is 0 Å². The second-order valence-electron chi connectivity index (χ2n) is 6.73. The predicted octanol–water partition coefficient (Wildman–Crippen LogP) is -1.27. The Bertz CT molecular complexity index is 613. The van der Waals surface area contributed by atoms with Gasteiger partial charge in [0.15, 0.2) is 0 Å². The van der Waals surface area contributed by atoms with Crippen molar-refractivity contribution in [1.82, 2.24) is 15.1 Å². The number of nitrogens with one attached hydrogen (secondary N) is 1. The minimum atomic E-state index is -1.28. The number of carbonyl (C=O) groups is 5. The van der Waals surface area contributed by atoms with Crippen LogP contribution in [-0.4, -0.2) is 110 Å². The fourth-order valence-corrected chi connectivity index (χ4v) is 3.78. The molecule has 1 saturated carbocycles. The van der Waals surface area contributed by atoms with Crippen LogP contribution in [0.2, 0.25) is 0 Å². The fourth-order valence-electron chi connectivity index (χ4n) is 3.62. The van der Waals surface area contributed by atoms with E-state index in [4.69, 9.17) is 10.2 Å². The van der Waals surface area contributed by atoms with Gasteiger partial charge >= 0.3 is 23.9 Å².